The molecule has 0 aliphatic carbocycles. The molecule has 98 valence electrons. The van der Waals surface area contributed by atoms with Gasteiger partial charge in [0.1, 0.15) is 5.60 Å². The number of amides is 1. The lowest BCUT2D eigenvalue weighted by molar-refractivity contribution is 0.0166. The standard InChI is InChI=1S/C13H24N2O2/c1-13(2,3)17-12(16)15-9-10-5-4-6-11(15)8-14-7-10/h10-11,14H,4-9H2,1-3H3/t10-,11-/m0/s1. The van der Waals surface area contributed by atoms with Crippen LogP contribution in [0.4, 0.5) is 4.79 Å². The molecule has 0 spiro atoms. The molecule has 17 heavy (non-hydrogen) atoms. The molecule has 4 heteroatoms. The monoisotopic (exact) mass is 240 g/mol. The second-order valence-corrected chi connectivity index (χ2v) is 6.24. The van der Waals surface area contributed by atoms with E-state index >= 15 is 0 Å². The molecule has 2 atom stereocenters. The number of rotatable bonds is 0. The molecule has 2 bridgehead atoms. The molecular weight excluding hydrogens is 216 g/mol. The minimum atomic E-state index is -0.398. The van der Waals surface area contributed by atoms with Crippen molar-refractivity contribution in [2.24, 2.45) is 5.92 Å². The molecule has 2 rings (SSSR count). The Kier molecular flexibility index (Phi) is 3.61. The average Bonchev–Trinajstić information content (AvgIpc) is 2.44. The first-order valence-corrected chi connectivity index (χ1v) is 6.66. The van der Waals surface area contributed by atoms with Crippen molar-refractivity contribution in [3.63, 3.8) is 0 Å². The Hall–Kier alpha value is -0.770. The van der Waals surface area contributed by atoms with E-state index in [2.05, 4.69) is 5.32 Å². The maximum atomic E-state index is 12.2. The third-order valence-corrected chi connectivity index (χ3v) is 3.49. The summed E-state index contributed by atoms with van der Waals surface area (Å²) < 4.78 is 5.50. The van der Waals surface area contributed by atoms with Gasteiger partial charge in [-0.15, -0.1) is 0 Å². The van der Waals surface area contributed by atoms with Gasteiger partial charge in [0.2, 0.25) is 0 Å². The first-order valence-electron chi connectivity index (χ1n) is 6.66. The molecule has 2 fully saturated rings. The zero-order valence-electron chi connectivity index (χ0n) is 11.2. The number of carbonyl (C=O) groups excluding carboxylic acids is 1. The first-order chi connectivity index (χ1) is 7.96. The van der Waals surface area contributed by atoms with Gasteiger partial charge >= 0.3 is 6.09 Å². The van der Waals surface area contributed by atoms with E-state index in [0.717, 1.165) is 26.1 Å². The summed E-state index contributed by atoms with van der Waals surface area (Å²) in [5, 5.41) is 3.45. The summed E-state index contributed by atoms with van der Waals surface area (Å²) in [5.74, 6) is 0.593. The minimum absolute atomic E-state index is 0.141. The summed E-state index contributed by atoms with van der Waals surface area (Å²) >= 11 is 0. The molecule has 2 aliphatic rings. The van der Waals surface area contributed by atoms with Gasteiger partial charge in [-0.05, 0) is 46.1 Å². The highest BCUT2D eigenvalue weighted by molar-refractivity contribution is 5.68. The Bertz CT molecular complexity index is 276. The van der Waals surface area contributed by atoms with Crippen LogP contribution in [0.25, 0.3) is 0 Å². The number of carbonyl (C=O) groups is 1. The van der Waals surface area contributed by atoms with Crippen molar-refractivity contribution in [2.75, 3.05) is 19.6 Å². The predicted octanol–water partition coefficient (Wildman–Crippen LogP) is 2.00. The molecule has 0 unspecified atom stereocenters. The Morgan fingerprint density at radius 3 is 2.76 bits per heavy atom. The highest BCUT2D eigenvalue weighted by Gasteiger charge is 2.34. The second kappa shape index (κ2) is 4.84. The van der Waals surface area contributed by atoms with Crippen molar-refractivity contribution in [1.29, 1.82) is 0 Å². The largest absolute Gasteiger partial charge is 0.444 e. The lowest BCUT2D eigenvalue weighted by Gasteiger charge is -2.31. The van der Waals surface area contributed by atoms with E-state index in [-0.39, 0.29) is 6.09 Å². The normalized spacial score (nSPS) is 29.7. The van der Waals surface area contributed by atoms with E-state index in [0.29, 0.717) is 12.0 Å². The molecule has 2 aliphatic heterocycles. The Morgan fingerprint density at radius 1 is 1.29 bits per heavy atom. The molecule has 4 nitrogen and oxygen atoms in total. The zero-order valence-corrected chi connectivity index (χ0v) is 11.2. The van der Waals surface area contributed by atoms with Gasteiger partial charge in [-0.2, -0.15) is 0 Å². The Labute approximate surface area is 104 Å². The van der Waals surface area contributed by atoms with Crippen LogP contribution in [0.3, 0.4) is 0 Å². The molecule has 0 aromatic heterocycles. The molecule has 0 aromatic carbocycles. The van der Waals surface area contributed by atoms with E-state index in [1.54, 1.807) is 0 Å². The van der Waals surface area contributed by atoms with E-state index < -0.39 is 5.60 Å². The summed E-state index contributed by atoms with van der Waals surface area (Å²) in [5.41, 5.74) is -0.398. The van der Waals surface area contributed by atoms with Gasteiger partial charge in [0.05, 0.1) is 0 Å². The third kappa shape index (κ3) is 3.35. The summed E-state index contributed by atoms with van der Waals surface area (Å²) in [7, 11) is 0. The summed E-state index contributed by atoms with van der Waals surface area (Å²) in [6.07, 6.45) is 3.42. The van der Waals surface area contributed by atoms with Crippen LogP contribution >= 0.6 is 0 Å². The topological polar surface area (TPSA) is 41.6 Å². The zero-order chi connectivity index (χ0) is 12.5. The lowest BCUT2D eigenvalue weighted by atomic mass is 10.0. The fraction of sp³-hybridized carbons (Fsp3) is 0.923. The number of hydrogen-bond donors (Lipinski definition) is 1. The van der Waals surface area contributed by atoms with Crippen LogP contribution in [0.1, 0.15) is 40.0 Å². The van der Waals surface area contributed by atoms with Gasteiger partial charge in [0, 0.05) is 19.1 Å². The Morgan fingerprint density at radius 2 is 2.06 bits per heavy atom. The number of nitrogens with zero attached hydrogens (tertiary/aromatic N) is 1. The van der Waals surface area contributed by atoms with Crippen LogP contribution in [0.2, 0.25) is 0 Å². The summed E-state index contributed by atoms with van der Waals surface area (Å²) in [6.45, 7) is 8.57. The maximum absolute atomic E-state index is 12.2. The van der Waals surface area contributed by atoms with Gasteiger partial charge in [0.15, 0.2) is 0 Å². The number of fused-ring (bicyclic) bond motifs is 3. The SMILES string of the molecule is CC(C)(C)OC(=O)N1C[C@H]2CCC[C@H]1CNC2. The van der Waals surface area contributed by atoms with Crippen LogP contribution < -0.4 is 5.32 Å². The van der Waals surface area contributed by atoms with Crippen molar-refractivity contribution in [3.05, 3.63) is 0 Å². The average molecular weight is 240 g/mol. The van der Waals surface area contributed by atoms with Crippen LogP contribution in [0.5, 0.6) is 0 Å². The van der Waals surface area contributed by atoms with Gasteiger partial charge in [0.25, 0.3) is 0 Å². The summed E-state index contributed by atoms with van der Waals surface area (Å²) in [4.78, 5) is 14.1. The smallest absolute Gasteiger partial charge is 0.410 e. The molecular formula is C13H24N2O2. The highest BCUT2D eigenvalue weighted by atomic mass is 16.6. The van der Waals surface area contributed by atoms with Crippen molar-refractivity contribution < 1.29 is 9.53 Å². The van der Waals surface area contributed by atoms with Crippen LogP contribution in [-0.4, -0.2) is 42.3 Å². The fourth-order valence-corrected chi connectivity index (χ4v) is 2.69. The van der Waals surface area contributed by atoms with E-state index in [1.807, 2.05) is 25.7 Å². The third-order valence-electron chi connectivity index (χ3n) is 3.49. The van der Waals surface area contributed by atoms with Gasteiger partial charge in [-0.25, -0.2) is 4.79 Å². The van der Waals surface area contributed by atoms with E-state index in [1.165, 1.54) is 12.8 Å². The number of nitrogens with one attached hydrogen (secondary N) is 1. The van der Waals surface area contributed by atoms with Crippen LogP contribution in [0, 0.1) is 5.92 Å². The first kappa shape index (κ1) is 12.7. The Balaban J connectivity index is 2.06. The quantitative estimate of drug-likeness (QED) is 0.704. The van der Waals surface area contributed by atoms with Crippen LogP contribution in [0.15, 0.2) is 0 Å². The van der Waals surface area contributed by atoms with Crippen molar-refractivity contribution in [1.82, 2.24) is 10.2 Å². The molecule has 2 heterocycles. The van der Waals surface area contributed by atoms with Crippen molar-refractivity contribution >= 4 is 6.09 Å². The number of hydrogen-bond acceptors (Lipinski definition) is 3. The molecule has 0 aromatic rings. The van der Waals surface area contributed by atoms with Gasteiger partial charge in [-0.3, -0.25) is 0 Å². The maximum Gasteiger partial charge on any atom is 0.410 e. The van der Waals surface area contributed by atoms with Gasteiger partial charge < -0.3 is 15.0 Å². The molecule has 1 N–H and O–H groups in total. The highest BCUT2D eigenvalue weighted by Crippen LogP contribution is 2.25. The number of ether oxygens (including phenoxy) is 1. The summed E-state index contributed by atoms with van der Waals surface area (Å²) in [6, 6.07) is 0.317. The molecule has 2 saturated heterocycles. The fourth-order valence-electron chi connectivity index (χ4n) is 2.69. The van der Waals surface area contributed by atoms with Gasteiger partial charge in [-0.1, -0.05) is 6.42 Å². The molecule has 0 saturated carbocycles. The minimum Gasteiger partial charge on any atom is -0.444 e. The lowest BCUT2D eigenvalue weighted by Crippen LogP contribution is -2.45. The van der Waals surface area contributed by atoms with Crippen LogP contribution in [-0.2, 0) is 4.74 Å². The van der Waals surface area contributed by atoms with Crippen molar-refractivity contribution in [2.45, 2.75) is 51.7 Å². The van der Waals surface area contributed by atoms with Crippen molar-refractivity contribution in [3.8, 4) is 0 Å². The molecule has 1 amide bonds. The van der Waals surface area contributed by atoms with E-state index in [9.17, 15) is 4.79 Å². The second-order valence-electron chi connectivity index (χ2n) is 6.24. The predicted molar refractivity (Wildman–Crippen MR) is 66.9 cm³/mol. The molecule has 0 radical (unpaired) electrons. The van der Waals surface area contributed by atoms with E-state index in [4.69, 9.17) is 4.74 Å².